The van der Waals surface area contributed by atoms with Crippen LogP contribution in [0, 0.1) is 12.7 Å². The summed E-state index contributed by atoms with van der Waals surface area (Å²) in [6.07, 6.45) is 6.46. The summed E-state index contributed by atoms with van der Waals surface area (Å²) in [6.45, 7) is 2.52. The van der Waals surface area contributed by atoms with E-state index >= 15 is 0 Å². The lowest BCUT2D eigenvalue weighted by Crippen LogP contribution is -2.51. The number of aliphatic hydroxyl groups is 1. The van der Waals surface area contributed by atoms with Crippen molar-refractivity contribution in [3.05, 3.63) is 83.2 Å². The van der Waals surface area contributed by atoms with Crippen LogP contribution in [0.25, 0.3) is 11.8 Å². The highest BCUT2D eigenvalue weighted by atomic mass is 19.1. The molecule has 0 radical (unpaired) electrons. The van der Waals surface area contributed by atoms with Gasteiger partial charge in [0.1, 0.15) is 17.1 Å². The molecule has 7 nitrogen and oxygen atoms in total. The van der Waals surface area contributed by atoms with Crippen LogP contribution in [0.1, 0.15) is 23.2 Å². The number of imidazole rings is 1. The summed E-state index contributed by atoms with van der Waals surface area (Å²) in [7, 11) is 1.65. The first-order valence-corrected chi connectivity index (χ1v) is 10.8. The van der Waals surface area contributed by atoms with Gasteiger partial charge in [-0.2, -0.15) is 0 Å². The average molecular weight is 448 g/mol. The minimum absolute atomic E-state index is 0.203. The number of hydrogen-bond acceptors (Lipinski definition) is 6. The van der Waals surface area contributed by atoms with Crippen LogP contribution in [0.3, 0.4) is 0 Å². The number of hydroxylamine groups is 2. The van der Waals surface area contributed by atoms with E-state index in [1.54, 1.807) is 30.6 Å². The van der Waals surface area contributed by atoms with Gasteiger partial charge in [-0.15, -0.1) is 0 Å². The average Bonchev–Trinajstić information content (AvgIpc) is 3.44. The molecule has 0 spiro atoms. The second-order valence-electron chi connectivity index (χ2n) is 8.24. The van der Waals surface area contributed by atoms with Crippen molar-refractivity contribution in [2.45, 2.75) is 18.9 Å². The fourth-order valence-corrected chi connectivity index (χ4v) is 4.37. The number of rotatable bonds is 5. The van der Waals surface area contributed by atoms with E-state index < -0.39 is 5.54 Å². The monoisotopic (exact) mass is 448 g/mol. The Morgan fingerprint density at radius 1 is 1.24 bits per heavy atom. The van der Waals surface area contributed by atoms with Crippen molar-refractivity contribution in [3.63, 3.8) is 0 Å². The zero-order valence-corrected chi connectivity index (χ0v) is 18.5. The molecule has 0 saturated carbocycles. The number of aliphatic hydroxyl groups excluding tert-OH is 1. The van der Waals surface area contributed by atoms with E-state index in [9.17, 15) is 9.50 Å². The van der Waals surface area contributed by atoms with Crippen molar-refractivity contribution < 1.29 is 19.1 Å². The third-order valence-corrected chi connectivity index (χ3v) is 6.13. The van der Waals surface area contributed by atoms with Gasteiger partial charge >= 0.3 is 0 Å². The topological polar surface area (TPSA) is 72.1 Å². The number of nitrogens with zero attached hydrogens (tertiary/aromatic N) is 4. The summed E-state index contributed by atoms with van der Waals surface area (Å²) < 4.78 is 21.0. The van der Waals surface area contributed by atoms with Crippen LogP contribution in [0.15, 0.2) is 65.6 Å². The zero-order chi connectivity index (χ0) is 23.0. The summed E-state index contributed by atoms with van der Waals surface area (Å²) in [5.41, 5.74) is 3.69. The smallest absolute Gasteiger partial charge is 0.152 e. The predicted molar refractivity (Wildman–Crippen MR) is 123 cm³/mol. The summed E-state index contributed by atoms with van der Waals surface area (Å²) in [5.74, 6) is 1.09. The largest absolute Gasteiger partial charge is 0.495 e. The second kappa shape index (κ2) is 8.46. The van der Waals surface area contributed by atoms with E-state index in [2.05, 4.69) is 11.1 Å². The molecule has 0 amide bonds. The van der Waals surface area contributed by atoms with Gasteiger partial charge in [-0.1, -0.05) is 18.2 Å². The lowest BCUT2D eigenvalue weighted by atomic mass is 9.90. The Labute approximate surface area is 191 Å². The van der Waals surface area contributed by atoms with E-state index in [0.29, 0.717) is 25.4 Å². The van der Waals surface area contributed by atoms with Crippen molar-refractivity contribution in [2.24, 2.45) is 4.99 Å². The third kappa shape index (κ3) is 3.71. The van der Waals surface area contributed by atoms with E-state index in [-0.39, 0.29) is 12.4 Å². The lowest BCUT2D eigenvalue weighted by molar-refractivity contribution is -0.176. The first-order valence-electron chi connectivity index (χ1n) is 10.8. The number of aryl methyl sites for hydroxylation is 1. The van der Waals surface area contributed by atoms with Crippen molar-refractivity contribution in [3.8, 4) is 11.4 Å². The molecule has 170 valence electrons. The molecule has 2 aromatic carbocycles. The van der Waals surface area contributed by atoms with Gasteiger partial charge in [-0.3, -0.25) is 9.83 Å². The van der Waals surface area contributed by atoms with E-state index in [0.717, 1.165) is 33.8 Å². The Hall–Kier alpha value is -3.49. The first kappa shape index (κ1) is 21.4. The summed E-state index contributed by atoms with van der Waals surface area (Å²) in [4.78, 5) is 15.0. The van der Waals surface area contributed by atoms with Gasteiger partial charge in [-0.05, 0) is 54.0 Å². The Balaban J connectivity index is 1.47. The van der Waals surface area contributed by atoms with Gasteiger partial charge in [0, 0.05) is 12.6 Å². The minimum atomic E-state index is -0.872. The van der Waals surface area contributed by atoms with Crippen LogP contribution >= 0.6 is 0 Å². The molecule has 3 aromatic rings. The van der Waals surface area contributed by atoms with Crippen LogP contribution in [-0.2, 0) is 10.4 Å². The summed E-state index contributed by atoms with van der Waals surface area (Å²) in [5, 5.41) is 12.0. The number of hydrogen-bond donors (Lipinski definition) is 1. The standard InChI is InChI=1S/C25H25FN4O3/c1-17-13-29(16-28-17)22-8-3-18(12-23(22)32-2)11-19-9-10-33-30-24(19)27-14-25(30,15-31)20-4-6-21(26)7-5-20/h3-8,11-13,16,31H,9-10,14-15H2,1-2H3. The van der Waals surface area contributed by atoms with E-state index in [4.69, 9.17) is 14.6 Å². The molecule has 3 heterocycles. The first-order chi connectivity index (χ1) is 16.0. The predicted octanol–water partition coefficient (Wildman–Crippen LogP) is 3.65. The highest BCUT2D eigenvalue weighted by Crippen LogP contribution is 2.39. The van der Waals surface area contributed by atoms with Crippen LogP contribution in [0.2, 0.25) is 0 Å². The summed E-state index contributed by atoms with van der Waals surface area (Å²) >= 11 is 0. The molecule has 1 N–H and O–H groups in total. The van der Waals surface area contributed by atoms with Crippen molar-refractivity contribution in [2.75, 3.05) is 26.9 Å². The molecular weight excluding hydrogens is 423 g/mol. The minimum Gasteiger partial charge on any atom is -0.495 e. The molecule has 1 atom stereocenters. The van der Waals surface area contributed by atoms with Crippen LogP contribution in [0.4, 0.5) is 4.39 Å². The molecule has 1 aromatic heterocycles. The molecule has 5 rings (SSSR count). The number of benzene rings is 2. The van der Waals surface area contributed by atoms with Gasteiger partial charge in [0.2, 0.25) is 0 Å². The van der Waals surface area contributed by atoms with E-state index in [1.807, 2.05) is 35.9 Å². The summed E-state index contributed by atoms with van der Waals surface area (Å²) in [6, 6.07) is 12.1. The van der Waals surface area contributed by atoms with Gasteiger partial charge in [0.15, 0.2) is 5.84 Å². The maximum Gasteiger partial charge on any atom is 0.152 e. The number of ether oxygens (including phenoxy) is 1. The van der Waals surface area contributed by atoms with E-state index in [1.165, 1.54) is 12.1 Å². The quantitative estimate of drug-likeness (QED) is 0.645. The Kier molecular flexibility index (Phi) is 5.47. The molecule has 1 unspecified atom stereocenters. The number of amidine groups is 1. The SMILES string of the molecule is COc1cc(C=C2CCON3C2=NCC3(CO)c2ccc(F)cc2)ccc1-n1cnc(C)c1. The van der Waals surface area contributed by atoms with Gasteiger partial charge in [0.25, 0.3) is 0 Å². The Bertz CT molecular complexity index is 1230. The van der Waals surface area contributed by atoms with Crippen molar-refractivity contribution >= 4 is 11.9 Å². The van der Waals surface area contributed by atoms with Crippen LogP contribution < -0.4 is 4.74 Å². The number of aromatic nitrogens is 2. The molecule has 0 aliphatic carbocycles. The molecule has 1 fully saturated rings. The fraction of sp³-hybridized carbons (Fsp3) is 0.280. The lowest BCUT2D eigenvalue weighted by Gasteiger charge is -2.40. The molecule has 0 bridgehead atoms. The number of fused-ring (bicyclic) bond motifs is 1. The number of methoxy groups -OCH3 is 1. The maximum absolute atomic E-state index is 13.5. The number of halogens is 1. The van der Waals surface area contributed by atoms with Crippen LogP contribution in [0.5, 0.6) is 5.75 Å². The molecule has 33 heavy (non-hydrogen) atoms. The maximum atomic E-state index is 13.5. The molecule has 2 aliphatic heterocycles. The van der Waals surface area contributed by atoms with Gasteiger partial charge in [0.05, 0.1) is 44.6 Å². The molecule has 8 heteroatoms. The van der Waals surface area contributed by atoms with Crippen molar-refractivity contribution in [1.82, 2.24) is 14.6 Å². The molecule has 2 aliphatic rings. The van der Waals surface area contributed by atoms with Crippen LogP contribution in [-0.4, -0.2) is 52.4 Å². The van der Waals surface area contributed by atoms with Gasteiger partial charge in [-0.25, -0.2) is 14.4 Å². The van der Waals surface area contributed by atoms with Gasteiger partial charge < -0.3 is 14.4 Å². The highest BCUT2D eigenvalue weighted by Gasteiger charge is 2.47. The molecule has 1 saturated heterocycles. The zero-order valence-electron chi connectivity index (χ0n) is 18.5. The molecular formula is C25H25FN4O3. The number of aliphatic imine (C=N–C) groups is 1. The Morgan fingerprint density at radius 3 is 2.76 bits per heavy atom. The second-order valence-corrected chi connectivity index (χ2v) is 8.24. The Morgan fingerprint density at radius 2 is 2.06 bits per heavy atom. The normalized spacial score (nSPS) is 21.3. The third-order valence-electron chi connectivity index (χ3n) is 6.13. The fourth-order valence-electron chi connectivity index (χ4n) is 4.37. The van der Waals surface area contributed by atoms with Crippen molar-refractivity contribution in [1.29, 1.82) is 0 Å². The highest BCUT2D eigenvalue weighted by molar-refractivity contribution is 6.03.